The van der Waals surface area contributed by atoms with E-state index in [4.69, 9.17) is 0 Å². The quantitative estimate of drug-likeness (QED) is 0.854. The van der Waals surface area contributed by atoms with Crippen molar-refractivity contribution in [2.24, 2.45) is 0 Å². The molecular weight excluding hydrogens is 219 g/mol. The van der Waals surface area contributed by atoms with Crippen molar-refractivity contribution in [2.45, 2.75) is 26.8 Å². The molecule has 0 bridgehead atoms. The number of hydrogen-bond donors (Lipinski definition) is 1. The average Bonchev–Trinajstić information content (AvgIpc) is 2.33. The van der Waals surface area contributed by atoms with Crippen LogP contribution in [-0.4, -0.2) is 29.9 Å². The lowest BCUT2D eigenvalue weighted by Crippen LogP contribution is -2.41. The second-order valence-corrected chi connectivity index (χ2v) is 3.88. The van der Waals surface area contributed by atoms with Gasteiger partial charge in [0.15, 0.2) is 0 Å². The van der Waals surface area contributed by atoms with Crippen molar-refractivity contribution in [1.29, 1.82) is 0 Å². The van der Waals surface area contributed by atoms with Gasteiger partial charge in [-0.3, -0.25) is 4.79 Å². The third-order valence-electron chi connectivity index (χ3n) is 2.67. The second-order valence-electron chi connectivity index (χ2n) is 3.88. The van der Waals surface area contributed by atoms with Crippen molar-refractivity contribution >= 4 is 11.6 Å². The van der Waals surface area contributed by atoms with Gasteiger partial charge in [-0.25, -0.2) is 4.39 Å². The van der Waals surface area contributed by atoms with Gasteiger partial charge in [-0.2, -0.15) is 0 Å². The van der Waals surface area contributed by atoms with Gasteiger partial charge in [0, 0.05) is 18.8 Å². The molecule has 3 nitrogen and oxygen atoms in total. The minimum Gasteiger partial charge on any atom is -0.374 e. The zero-order valence-electron chi connectivity index (χ0n) is 10.5. The number of rotatable bonds is 5. The Balaban J connectivity index is 2.62. The molecule has 0 heterocycles. The molecule has 0 aliphatic heterocycles. The van der Waals surface area contributed by atoms with Crippen molar-refractivity contribution in [3.05, 3.63) is 30.1 Å². The number of carbonyl (C=O) groups excluding carboxylic acids is 1. The van der Waals surface area contributed by atoms with Crippen molar-refractivity contribution in [3.63, 3.8) is 0 Å². The van der Waals surface area contributed by atoms with Gasteiger partial charge in [0.2, 0.25) is 5.91 Å². The van der Waals surface area contributed by atoms with Crippen molar-refractivity contribution < 1.29 is 9.18 Å². The minimum absolute atomic E-state index is 0.0549. The predicted octanol–water partition coefficient (Wildman–Crippen LogP) is 2.49. The first kappa shape index (κ1) is 13.5. The summed E-state index contributed by atoms with van der Waals surface area (Å²) < 4.78 is 12.7. The maximum Gasteiger partial charge on any atom is 0.244 e. The van der Waals surface area contributed by atoms with Gasteiger partial charge in [0.1, 0.15) is 11.9 Å². The molecule has 0 spiro atoms. The molecule has 1 N–H and O–H groups in total. The largest absolute Gasteiger partial charge is 0.374 e. The predicted molar refractivity (Wildman–Crippen MR) is 67.4 cm³/mol. The molecule has 0 fully saturated rings. The fourth-order valence-corrected chi connectivity index (χ4v) is 1.67. The molecule has 17 heavy (non-hydrogen) atoms. The highest BCUT2D eigenvalue weighted by atomic mass is 19.1. The molecule has 0 aliphatic rings. The summed E-state index contributed by atoms with van der Waals surface area (Å²) in [4.78, 5) is 13.7. The molecule has 1 rings (SSSR count). The number of nitrogens with one attached hydrogen (secondary N) is 1. The number of likely N-dealkylation sites (N-methyl/N-ethyl adjacent to an activating group) is 1. The number of nitrogens with zero attached hydrogens (tertiary/aromatic N) is 1. The first-order chi connectivity index (χ1) is 8.08. The van der Waals surface area contributed by atoms with Gasteiger partial charge < -0.3 is 10.2 Å². The van der Waals surface area contributed by atoms with Crippen LogP contribution in [0.4, 0.5) is 10.1 Å². The van der Waals surface area contributed by atoms with Crippen molar-refractivity contribution in [3.8, 4) is 0 Å². The minimum atomic E-state index is -0.305. The summed E-state index contributed by atoms with van der Waals surface area (Å²) in [5.74, 6) is -0.224. The Kier molecular flexibility index (Phi) is 4.94. The first-order valence-electron chi connectivity index (χ1n) is 5.89. The molecule has 94 valence electrons. The SMILES string of the molecule is CCN(CC)C(=O)C(C)Nc1ccc(F)cc1. The molecule has 1 aromatic carbocycles. The molecule has 1 unspecified atom stereocenters. The van der Waals surface area contributed by atoms with E-state index < -0.39 is 0 Å². The first-order valence-corrected chi connectivity index (χ1v) is 5.89. The van der Waals surface area contributed by atoms with Gasteiger partial charge in [-0.05, 0) is 45.0 Å². The van der Waals surface area contributed by atoms with E-state index in [0.29, 0.717) is 13.1 Å². The second kappa shape index (κ2) is 6.23. The van der Waals surface area contributed by atoms with Crippen molar-refractivity contribution in [2.75, 3.05) is 18.4 Å². The zero-order chi connectivity index (χ0) is 12.8. The summed E-state index contributed by atoms with van der Waals surface area (Å²) in [5, 5.41) is 3.06. The van der Waals surface area contributed by atoms with Crippen LogP contribution in [0.3, 0.4) is 0 Å². The Morgan fingerprint density at radius 1 is 1.29 bits per heavy atom. The van der Waals surface area contributed by atoms with E-state index in [1.54, 1.807) is 17.0 Å². The van der Waals surface area contributed by atoms with Crippen LogP contribution < -0.4 is 5.32 Å². The van der Waals surface area contributed by atoms with Gasteiger partial charge in [0.25, 0.3) is 0 Å². The Labute approximate surface area is 102 Å². The average molecular weight is 238 g/mol. The van der Waals surface area contributed by atoms with Gasteiger partial charge in [0.05, 0.1) is 0 Å². The molecule has 0 aromatic heterocycles. The highest BCUT2D eigenvalue weighted by Crippen LogP contribution is 2.10. The fourth-order valence-electron chi connectivity index (χ4n) is 1.67. The van der Waals surface area contributed by atoms with E-state index in [9.17, 15) is 9.18 Å². The zero-order valence-corrected chi connectivity index (χ0v) is 10.5. The van der Waals surface area contributed by atoms with E-state index >= 15 is 0 Å². The summed E-state index contributed by atoms with van der Waals surface area (Å²) in [6.07, 6.45) is 0. The summed E-state index contributed by atoms with van der Waals surface area (Å²) in [6, 6.07) is 5.69. The van der Waals surface area contributed by atoms with Crippen LogP contribution in [0.2, 0.25) is 0 Å². The topological polar surface area (TPSA) is 32.3 Å². The van der Waals surface area contributed by atoms with E-state index in [1.807, 2.05) is 20.8 Å². The Morgan fingerprint density at radius 3 is 2.29 bits per heavy atom. The Bertz CT molecular complexity index is 360. The number of hydrogen-bond acceptors (Lipinski definition) is 2. The summed E-state index contributed by atoms with van der Waals surface area (Å²) in [5.41, 5.74) is 0.749. The molecule has 1 atom stereocenters. The lowest BCUT2D eigenvalue weighted by Gasteiger charge is -2.24. The van der Waals surface area contributed by atoms with E-state index in [-0.39, 0.29) is 17.8 Å². The van der Waals surface area contributed by atoms with E-state index in [1.165, 1.54) is 12.1 Å². The molecular formula is C13H19FN2O. The van der Waals surface area contributed by atoms with Gasteiger partial charge >= 0.3 is 0 Å². The molecule has 0 saturated carbocycles. The van der Waals surface area contributed by atoms with Crippen LogP contribution in [-0.2, 0) is 4.79 Å². The van der Waals surface area contributed by atoms with Crippen LogP contribution in [0, 0.1) is 5.82 Å². The molecule has 0 radical (unpaired) electrons. The highest BCUT2D eigenvalue weighted by Gasteiger charge is 2.17. The van der Waals surface area contributed by atoms with Crippen LogP contribution in [0.15, 0.2) is 24.3 Å². The molecule has 4 heteroatoms. The number of benzene rings is 1. The summed E-state index contributed by atoms with van der Waals surface area (Å²) >= 11 is 0. The normalized spacial score (nSPS) is 12.0. The lowest BCUT2D eigenvalue weighted by atomic mass is 10.2. The molecule has 0 aliphatic carbocycles. The maximum absolute atomic E-state index is 12.7. The highest BCUT2D eigenvalue weighted by molar-refractivity contribution is 5.84. The summed E-state index contributed by atoms with van der Waals surface area (Å²) in [7, 11) is 0. The number of anilines is 1. The fraction of sp³-hybridized carbons (Fsp3) is 0.462. The smallest absolute Gasteiger partial charge is 0.244 e. The molecule has 1 aromatic rings. The summed E-state index contributed by atoms with van der Waals surface area (Å²) in [6.45, 7) is 7.11. The number of carbonyl (C=O) groups is 1. The van der Waals surface area contributed by atoms with Crippen LogP contribution >= 0.6 is 0 Å². The standard InChI is InChI=1S/C13H19FN2O/c1-4-16(5-2)13(17)10(3)15-12-8-6-11(14)7-9-12/h6-10,15H,4-5H2,1-3H3. The van der Waals surface area contributed by atoms with Crippen molar-refractivity contribution in [1.82, 2.24) is 4.90 Å². The van der Waals surface area contributed by atoms with E-state index in [2.05, 4.69) is 5.32 Å². The Morgan fingerprint density at radius 2 is 1.82 bits per heavy atom. The van der Waals surface area contributed by atoms with Crippen LogP contribution in [0.1, 0.15) is 20.8 Å². The van der Waals surface area contributed by atoms with Gasteiger partial charge in [-0.15, -0.1) is 0 Å². The molecule has 0 saturated heterocycles. The van der Waals surface area contributed by atoms with Crippen LogP contribution in [0.25, 0.3) is 0 Å². The number of amides is 1. The third kappa shape index (κ3) is 3.73. The lowest BCUT2D eigenvalue weighted by molar-refractivity contribution is -0.131. The monoisotopic (exact) mass is 238 g/mol. The van der Waals surface area contributed by atoms with Gasteiger partial charge in [-0.1, -0.05) is 0 Å². The third-order valence-corrected chi connectivity index (χ3v) is 2.67. The van der Waals surface area contributed by atoms with Crippen LogP contribution in [0.5, 0.6) is 0 Å². The maximum atomic E-state index is 12.7. The van der Waals surface area contributed by atoms with E-state index in [0.717, 1.165) is 5.69 Å². The Hall–Kier alpha value is -1.58. The molecule has 1 amide bonds. The number of halogens is 1.